The summed E-state index contributed by atoms with van der Waals surface area (Å²) in [4.78, 5) is 6.58. The zero-order valence-corrected chi connectivity index (χ0v) is 14.8. The smallest absolute Gasteiger partial charge is 0.155 e. The van der Waals surface area contributed by atoms with E-state index in [2.05, 4.69) is 21.0 Å². The quantitative estimate of drug-likeness (QED) is 0.778. The second kappa shape index (κ2) is 6.63. The molecule has 0 aliphatic carbocycles. The number of hydrogen-bond donors (Lipinski definition) is 1. The van der Waals surface area contributed by atoms with Crippen molar-refractivity contribution < 1.29 is 5.11 Å². The maximum Gasteiger partial charge on any atom is 0.155 e. The Labute approximate surface area is 151 Å². The van der Waals surface area contributed by atoms with Crippen molar-refractivity contribution in [3.8, 4) is 0 Å². The Balaban J connectivity index is 1.50. The summed E-state index contributed by atoms with van der Waals surface area (Å²) in [5, 5.41) is 15.9. The molecule has 1 aliphatic heterocycles. The first kappa shape index (κ1) is 16.3. The van der Waals surface area contributed by atoms with Crippen LogP contribution >= 0.6 is 11.6 Å². The highest BCUT2D eigenvalue weighted by Crippen LogP contribution is 2.23. The number of aliphatic hydroxyl groups excluding tert-OH is 1. The van der Waals surface area contributed by atoms with Gasteiger partial charge in [0.25, 0.3) is 0 Å². The number of rotatable bonds is 4. The highest BCUT2D eigenvalue weighted by molar-refractivity contribution is 6.30. The topological polar surface area (TPSA) is 59.1 Å². The van der Waals surface area contributed by atoms with Crippen LogP contribution in [0.2, 0.25) is 5.02 Å². The molecular formula is C18H20ClN5O. The highest BCUT2D eigenvalue weighted by Gasteiger charge is 2.23. The second-order valence-corrected chi connectivity index (χ2v) is 6.86. The lowest BCUT2D eigenvalue weighted by Gasteiger charge is -2.27. The van der Waals surface area contributed by atoms with Crippen LogP contribution in [-0.2, 0) is 26.7 Å². The van der Waals surface area contributed by atoms with E-state index in [9.17, 15) is 5.11 Å². The molecule has 3 aromatic rings. The van der Waals surface area contributed by atoms with E-state index in [4.69, 9.17) is 11.6 Å². The molecule has 1 aliphatic rings. The Hall–Kier alpha value is -2.15. The minimum Gasteiger partial charge on any atom is -0.379 e. The van der Waals surface area contributed by atoms with E-state index >= 15 is 0 Å². The standard InChI is InChI=1S/C18H20ClN5O/c1-22-6-5-20-18(22)17(25)16-10-15-12-23(7-8-24(15)21-16)11-13-3-2-4-14(19)9-13/h2-6,9-10,17,25H,7-8,11-12H2,1H3/t17-/m1/s1. The normalized spacial score (nSPS) is 16.0. The maximum atomic E-state index is 10.6. The summed E-state index contributed by atoms with van der Waals surface area (Å²) in [6.45, 7) is 3.37. The summed E-state index contributed by atoms with van der Waals surface area (Å²) in [5.41, 5.74) is 2.96. The number of aromatic nitrogens is 4. The summed E-state index contributed by atoms with van der Waals surface area (Å²) in [7, 11) is 1.87. The molecule has 1 atom stereocenters. The summed E-state index contributed by atoms with van der Waals surface area (Å²) in [5.74, 6) is 0.603. The molecule has 0 saturated heterocycles. The Bertz CT molecular complexity index is 887. The summed E-state index contributed by atoms with van der Waals surface area (Å²) >= 11 is 6.08. The predicted molar refractivity (Wildman–Crippen MR) is 95.1 cm³/mol. The van der Waals surface area contributed by atoms with Gasteiger partial charge in [-0.1, -0.05) is 23.7 Å². The minimum absolute atomic E-state index is 0.603. The number of hydrogen-bond acceptors (Lipinski definition) is 4. The molecule has 1 N–H and O–H groups in total. The molecule has 2 aromatic heterocycles. The van der Waals surface area contributed by atoms with Gasteiger partial charge in [0.2, 0.25) is 0 Å². The van der Waals surface area contributed by atoms with Crippen molar-refractivity contribution in [2.75, 3.05) is 6.54 Å². The number of nitrogens with zero attached hydrogens (tertiary/aromatic N) is 5. The largest absolute Gasteiger partial charge is 0.379 e. The van der Waals surface area contributed by atoms with Crippen LogP contribution < -0.4 is 0 Å². The molecule has 0 unspecified atom stereocenters. The van der Waals surface area contributed by atoms with E-state index in [1.807, 2.05) is 46.8 Å². The lowest BCUT2D eigenvalue weighted by molar-refractivity contribution is 0.194. The molecule has 7 heteroatoms. The SMILES string of the molecule is Cn1ccnc1[C@H](O)c1cc2n(n1)CCN(Cc1cccc(Cl)c1)C2. The molecule has 0 saturated carbocycles. The lowest BCUT2D eigenvalue weighted by Crippen LogP contribution is -2.33. The Morgan fingerprint density at radius 2 is 2.16 bits per heavy atom. The summed E-state index contributed by atoms with van der Waals surface area (Å²) in [6, 6.07) is 9.94. The molecule has 1 aromatic carbocycles. The zero-order chi connectivity index (χ0) is 17.4. The van der Waals surface area contributed by atoms with Crippen LogP contribution in [-0.4, -0.2) is 35.9 Å². The molecule has 0 amide bonds. The number of fused-ring (bicyclic) bond motifs is 1. The van der Waals surface area contributed by atoms with E-state index < -0.39 is 6.10 Å². The molecule has 3 heterocycles. The van der Waals surface area contributed by atoms with Gasteiger partial charge in [0.1, 0.15) is 5.82 Å². The van der Waals surface area contributed by atoms with Crippen LogP contribution in [0.25, 0.3) is 0 Å². The predicted octanol–water partition coefficient (Wildman–Crippen LogP) is 2.37. The molecule has 25 heavy (non-hydrogen) atoms. The lowest BCUT2D eigenvalue weighted by atomic mass is 10.2. The molecule has 6 nitrogen and oxygen atoms in total. The maximum absolute atomic E-state index is 10.6. The van der Waals surface area contributed by atoms with Crippen molar-refractivity contribution in [1.29, 1.82) is 0 Å². The first-order valence-corrected chi connectivity index (χ1v) is 8.66. The van der Waals surface area contributed by atoms with Gasteiger partial charge in [0.15, 0.2) is 6.10 Å². The van der Waals surface area contributed by atoms with Gasteiger partial charge in [0.05, 0.1) is 17.9 Å². The average molecular weight is 358 g/mol. The van der Waals surface area contributed by atoms with Crippen LogP contribution in [0.1, 0.15) is 28.9 Å². The minimum atomic E-state index is -0.806. The van der Waals surface area contributed by atoms with E-state index in [1.54, 1.807) is 6.20 Å². The van der Waals surface area contributed by atoms with E-state index in [0.717, 1.165) is 36.9 Å². The average Bonchev–Trinajstić information content (AvgIpc) is 3.20. The zero-order valence-electron chi connectivity index (χ0n) is 14.0. The van der Waals surface area contributed by atoms with Gasteiger partial charge in [0, 0.05) is 44.1 Å². The van der Waals surface area contributed by atoms with Gasteiger partial charge in [-0.05, 0) is 23.8 Å². The molecule has 0 bridgehead atoms. The Kier molecular flexibility index (Phi) is 4.33. The van der Waals surface area contributed by atoms with Gasteiger partial charge < -0.3 is 9.67 Å². The van der Waals surface area contributed by atoms with Gasteiger partial charge in [-0.3, -0.25) is 9.58 Å². The fourth-order valence-electron chi connectivity index (χ4n) is 3.28. The first-order valence-electron chi connectivity index (χ1n) is 8.29. The van der Waals surface area contributed by atoms with Crippen LogP contribution in [0.15, 0.2) is 42.7 Å². The first-order chi connectivity index (χ1) is 12.1. The van der Waals surface area contributed by atoms with Crippen molar-refractivity contribution in [3.63, 3.8) is 0 Å². The van der Waals surface area contributed by atoms with E-state index in [0.29, 0.717) is 11.5 Å². The number of imidazole rings is 1. The van der Waals surface area contributed by atoms with Crippen molar-refractivity contribution in [3.05, 3.63) is 70.5 Å². The fourth-order valence-corrected chi connectivity index (χ4v) is 3.49. The summed E-state index contributed by atoms with van der Waals surface area (Å²) in [6.07, 6.45) is 2.70. The van der Waals surface area contributed by atoms with Gasteiger partial charge in [-0.25, -0.2) is 4.98 Å². The third-order valence-corrected chi connectivity index (χ3v) is 4.81. The van der Waals surface area contributed by atoms with E-state index in [-0.39, 0.29) is 0 Å². The summed E-state index contributed by atoms with van der Waals surface area (Å²) < 4.78 is 3.80. The van der Waals surface area contributed by atoms with Gasteiger partial charge >= 0.3 is 0 Å². The van der Waals surface area contributed by atoms with Gasteiger partial charge in [-0.15, -0.1) is 0 Å². The number of aliphatic hydroxyl groups is 1. The van der Waals surface area contributed by atoms with Crippen molar-refractivity contribution in [2.45, 2.75) is 25.7 Å². The molecule has 130 valence electrons. The third kappa shape index (κ3) is 3.33. The second-order valence-electron chi connectivity index (χ2n) is 6.42. The van der Waals surface area contributed by atoms with Crippen LogP contribution in [0.5, 0.6) is 0 Å². The van der Waals surface area contributed by atoms with Crippen LogP contribution in [0.4, 0.5) is 0 Å². The van der Waals surface area contributed by atoms with Crippen molar-refractivity contribution in [2.24, 2.45) is 7.05 Å². The Morgan fingerprint density at radius 1 is 1.28 bits per heavy atom. The van der Waals surface area contributed by atoms with Crippen LogP contribution in [0, 0.1) is 0 Å². The number of benzene rings is 1. The molecule has 0 spiro atoms. The third-order valence-electron chi connectivity index (χ3n) is 4.57. The Morgan fingerprint density at radius 3 is 2.92 bits per heavy atom. The monoisotopic (exact) mass is 357 g/mol. The van der Waals surface area contributed by atoms with Crippen molar-refractivity contribution >= 4 is 11.6 Å². The van der Waals surface area contributed by atoms with Crippen LogP contribution in [0.3, 0.4) is 0 Å². The number of aryl methyl sites for hydroxylation is 1. The molecule has 4 rings (SSSR count). The van der Waals surface area contributed by atoms with Gasteiger partial charge in [-0.2, -0.15) is 5.10 Å². The highest BCUT2D eigenvalue weighted by atomic mass is 35.5. The number of halogens is 1. The van der Waals surface area contributed by atoms with E-state index in [1.165, 1.54) is 5.56 Å². The molecule has 0 fully saturated rings. The van der Waals surface area contributed by atoms with Crippen molar-refractivity contribution in [1.82, 2.24) is 24.2 Å². The molecule has 0 radical (unpaired) electrons. The fraction of sp³-hybridized carbons (Fsp3) is 0.333. The molecular weight excluding hydrogens is 338 g/mol.